The number of carbonyl (C=O) groups is 7. The van der Waals surface area contributed by atoms with Crippen molar-refractivity contribution in [1.82, 2.24) is 76.4 Å². The summed E-state index contributed by atoms with van der Waals surface area (Å²) in [7, 11) is 38.8. The fraction of sp³-hybridized carbons (Fsp3) is 0.737. The van der Waals surface area contributed by atoms with Crippen LogP contribution in [0.4, 0.5) is 14.4 Å². The van der Waals surface area contributed by atoms with Crippen LogP contribution in [0.25, 0.3) is 0 Å². The number of nitrogens with zero attached hydrogens (tertiary/aromatic N) is 10. The topological polar surface area (TPSA) is 619 Å². The minimum Gasteiger partial charge on any atom is -1.00 e. The molecule has 2 rings (SSSR count). The van der Waals surface area contributed by atoms with Gasteiger partial charge in [-0.05, 0) is 345 Å². The van der Waals surface area contributed by atoms with Crippen molar-refractivity contribution in [2.75, 3.05) is 155 Å². The summed E-state index contributed by atoms with van der Waals surface area (Å²) in [5.74, 6) is -0.651. The van der Waals surface area contributed by atoms with E-state index in [2.05, 4.69) is 195 Å². The van der Waals surface area contributed by atoms with Crippen LogP contribution in [0.3, 0.4) is 0 Å². The first-order valence-electron chi connectivity index (χ1n) is 42.3. The number of ether oxygens (including phenoxy) is 2. The van der Waals surface area contributed by atoms with Crippen molar-refractivity contribution in [3.8, 4) is 11.5 Å². The number of primary amides is 1. The number of carboxylic acid groups (broad SMARTS) is 2. The predicted octanol–water partition coefficient (Wildman–Crippen LogP) is 8.00. The SMILES string of the molecule is C.C.CC(=O)N(C)C(C)(C)C(C)(C)N(C)[C-]=O.CC(=O)O.CC(=O)O.CN.CN.CN.CN.CN.CN.CN([C-]=O)C(C)(C)C(C)(C)N(C)C(=O)Oc1ccccc1.CN([C-]=O)C(C)(C)C(C)(C)N(C)C(N)=O.CNC(C)(C)C(C)(C)N(C)C.CNC(C)(C)C(C)(C)N(C)C.CNC(C)(C)C(C)(C)N(C)C(C)=O.CNC(C)(C)C(C)(C)N(C)[C-]=O.N.O=C(Cl)Oc1ccccc1.O=[C-]O.O=[C-]O.[Be+2].[Be+2].[Be+2].[Be+2].[Be+2].[Be+2].[H-].[H-].[H-].[H-].[H-].[H-]. The summed E-state index contributed by atoms with van der Waals surface area (Å²) in [5.41, 5.74) is 28.0. The molecule has 0 fully saturated rings. The van der Waals surface area contributed by atoms with Crippen molar-refractivity contribution in [2.45, 2.75) is 314 Å². The Labute approximate surface area is 906 Å². The minimum absolute atomic E-state index is 0. The van der Waals surface area contributed by atoms with Crippen LogP contribution in [-0.4, -0.2) is 443 Å². The van der Waals surface area contributed by atoms with Gasteiger partial charge in [0.05, 0.1) is 22.2 Å². The number of hydrogen-bond acceptors (Lipinski definition) is 28. The molecule has 0 spiro atoms. The van der Waals surface area contributed by atoms with E-state index in [0.717, 1.165) is 13.8 Å². The Morgan fingerprint density at radius 2 is 0.476 bits per heavy atom. The summed E-state index contributed by atoms with van der Waals surface area (Å²) in [5, 5.41) is 41.4. The Balaban J connectivity index is -0.0000000353. The van der Waals surface area contributed by atoms with Crippen LogP contribution < -0.4 is 77.0 Å². The standard InChI is InChI=1S/C16H23N2O3.C11H21N2O2.C10H20N3O2.C10H22N2O.C9H19N2O.2C9H22N2.C7H5ClO2.2C2H4O2.6CH5N.2CHO2.2CH4.6Be.H3N.6H/c1-15(2,17(5)12-19)16(3,4)18(6)14(20)21-13-10-8-7-9-11-13;1-9(15)13(7)11(4,5)10(2,3)12(6)8-14;1-9(2,12(5)7-14)10(3,4)13(6)8(11)15;1-8(13)12(7)10(4,5)9(2,3)11-6;1-8(2,10-5)9(3,4)11(6)7-12;2*1-8(2,10-5)9(3,4)11(6)7;8-7(9)10-6-4-2-1-3-5-6;2*1-2(3)4;6*1-2;2*2-1-3;;;;;;;;;;;;;;;/h7-11H,1-6H3;1-7H3;1-6H3,(H2,11,15);11H,1-7H3;10H,1-6H3;2*10H,1-7H3;1-5H;2*1H3,(H,3,4);6*2H2,1H3;2*(H,2,3);2*1H4;;;;;;;1H3;;;;;;/q3*-1;;-1;;;;;;;;;;;;2*-1;;;6*+2;;6*-1. The number of nitrogens with two attached hydrogens (primary N) is 7. The number of para-hydroxylation sites is 2. The zero-order valence-corrected chi connectivity index (χ0v) is 98.8. The summed E-state index contributed by atoms with van der Waals surface area (Å²) in [6, 6.07) is 17.0. The Morgan fingerprint density at radius 1 is 0.315 bits per heavy atom. The molecule has 0 aliphatic rings. The second-order valence-electron chi connectivity index (χ2n) is 35.6. The quantitative estimate of drug-likeness (QED) is 0.0174. The average Bonchev–Trinajstić information content (AvgIpc) is 0.774. The third-order valence-electron chi connectivity index (χ3n) is 26.0. The van der Waals surface area contributed by atoms with Gasteiger partial charge < -0.3 is 184 Å². The van der Waals surface area contributed by atoms with Crippen molar-refractivity contribution < 1.29 is 101 Å². The Bertz CT molecular complexity index is 3350. The number of hydrogen-bond donors (Lipinski definition) is 16. The van der Waals surface area contributed by atoms with E-state index >= 15 is 0 Å². The molecule has 0 radical (unpaired) electrons. The molecule has 834 valence electrons. The zero-order valence-electron chi connectivity index (χ0n) is 104. The Kier molecular flexibility index (Phi) is 138. The summed E-state index contributed by atoms with van der Waals surface area (Å²) < 4.78 is 9.88. The van der Waals surface area contributed by atoms with E-state index in [1.807, 2.05) is 170 Å². The number of aliphatic hydroxyl groups excluding tert-OH is 2. The van der Waals surface area contributed by atoms with Gasteiger partial charge in [0.2, 0.25) is 11.8 Å². The van der Waals surface area contributed by atoms with Gasteiger partial charge in [0, 0.05) is 123 Å². The number of aliphatic carboxylic acids is 2. The molecule has 0 aromatic heterocycles. The molecule has 0 atom stereocenters. The van der Waals surface area contributed by atoms with E-state index < -0.39 is 62.7 Å². The van der Waals surface area contributed by atoms with E-state index in [-0.39, 0.29) is 146 Å². The molecule has 2 aromatic carbocycles. The fourth-order valence-corrected chi connectivity index (χ4v) is 8.72. The van der Waals surface area contributed by atoms with Gasteiger partial charge in [0.25, 0.3) is 11.9 Å². The molecule has 48 heteroatoms. The smallest absolute Gasteiger partial charge is 1.00 e. The molecule has 0 saturated heterocycles. The van der Waals surface area contributed by atoms with Gasteiger partial charge in [-0.3, -0.25) is 19.2 Å². The Hall–Kier alpha value is -8.07. The molecule has 0 unspecified atom stereocenters. The molecule has 0 aliphatic heterocycles. The van der Waals surface area contributed by atoms with Gasteiger partial charge in [0.1, 0.15) is 11.5 Å². The number of carbonyl (C=O) groups excluding carboxylic acids is 9. The van der Waals surface area contributed by atoms with E-state index in [1.54, 1.807) is 119 Å². The molecule has 0 aliphatic carbocycles. The molecule has 143 heavy (non-hydrogen) atoms. The van der Waals surface area contributed by atoms with Gasteiger partial charge in [0.15, 0.2) is 0 Å². The number of urea groups is 1. The van der Waals surface area contributed by atoms with E-state index in [1.165, 1.54) is 73.7 Å². The van der Waals surface area contributed by atoms with E-state index in [9.17, 15) is 43.2 Å². The summed E-state index contributed by atoms with van der Waals surface area (Å²) in [6.07, 6.45) is 6.93. The number of halogens is 1. The number of amides is 9. The molecule has 25 N–H and O–H groups in total. The number of carboxylic acids is 2. The number of benzene rings is 2. The van der Waals surface area contributed by atoms with Crippen LogP contribution in [0.5, 0.6) is 11.5 Å². The minimum atomic E-state index is -0.833. The first-order chi connectivity index (χ1) is 60.4. The van der Waals surface area contributed by atoms with E-state index in [4.69, 9.17) is 61.7 Å². The van der Waals surface area contributed by atoms with Crippen LogP contribution in [0.2, 0.25) is 0 Å². The number of nitrogens with one attached hydrogen (secondary N) is 4. The maximum Gasteiger partial charge on any atom is 2.00 e. The van der Waals surface area contributed by atoms with Crippen molar-refractivity contribution in [1.29, 1.82) is 0 Å². The van der Waals surface area contributed by atoms with Crippen molar-refractivity contribution in [3.63, 3.8) is 0 Å². The second-order valence-corrected chi connectivity index (χ2v) is 36.0. The van der Waals surface area contributed by atoms with Crippen LogP contribution in [0, 0.1) is 0 Å². The maximum absolute atomic E-state index is 12.3. The van der Waals surface area contributed by atoms with Gasteiger partial charge in [-0.1, -0.05) is 64.2 Å². The molecule has 41 nitrogen and oxygen atoms in total. The van der Waals surface area contributed by atoms with Crippen LogP contribution in [0.1, 0.15) is 245 Å². The van der Waals surface area contributed by atoms with E-state index in [0.29, 0.717) is 24.4 Å². The largest absolute Gasteiger partial charge is 2.00 e. The normalized spacial score (nSPS) is 10.1. The fourth-order valence-electron chi connectivity index (χ4n) is 8.63. The molecule has 0 saturated carbocycles. The zero-order chi connectivity index (χ0) is 113. The predicted molar refractivity (Wildman–Crippen MR) is 611 cm³/mol. The summed E-state index contributed by atoms with van der Waals surface area (Å²) in [6.45, 7) is 63.2. The second kappa shape index (κ2) is 98.6. The molecule has 0 heterocycles. The van der Waals surface area contributed by atoms with Gasteiger partial charge in [-0.15, -0.1) is 0 Å². The van der Waals surface area contributed by atoms with Crippen LogP contribution in [-0.2, 0) is 47.9 Å². The van der Waals surface area contributed by atoms with Crippen molar-refractivity contribution >= 4 is 152 Å². The molecule has 2 aromatic rings. The molecule has 9 amide bonds. The van der Waals surface area contributed by atoms with Gasteiger partial charge in [-0.2, -0.15) is 25.6 Å². The van der Waals surface area contributed by atoms with Crippen LogP contribution >= 0.6 is 11.6 Å². The summed E-state index contributed by atoms with van der Waals surface area (Å²) >= 11 is 4.95. The third kappa shape index (κ3) is 76.2. The third-order valence-corrected chi connectivity index (χ3v) is 26.1. The number of likely N-dealkylation sites (N-methyl/N-ethyl adjacent to an activating group) is 14. The number of rotatable bonds is 27. The van der Waals surface area contributed by atoms with Crippen molar-refractivity contribution in [3.05, 3.63) is 60.7 Å². The summed E-state index contributed by atoms with van der Waals surface area (Å²) in [4.78, 5) is 150. The first-order valence-corrected chi connectivity index (χ1v) is 42.6. The van der Waals surface area contributed by atoms with Crippen LogP contribution in [0.15, 0.2) is 60.7 Å². The molecular weight excluding hydrogens is 1840 g/mol. The molecule has 0 bridgehead atoms. The maximum atomic E-state index is 12.3. The average molecular weight is 2060 g/mol. The monoisotopic (exact) mass is 2050 g/mol. The van der Waals surface area contributed by atoms with Gasteiger partial charge >= 0.3 is 78.3 Å². The van der Waals surface area contributed by atoms with Gasteiger partial charge in [-0.25, -0.2) is 14.4 Å². The molecular formula is C95H211Be6ClN22O19. The Morgan fingerprint density at radius 3 is 0.636 bits per heavy atom. The van der Waals surface area contributed by atoms with Crippen molar-refractivity contribution in [2.24, 2.45) is 40.1 Å². The first kappa shape index (κ1) is 200.